The Labute approximate surface area is 154 Å². The Morgan fingerprint density at radius 2 is 1.67 bits per heavy atom. The topological polar surface area (TPSA) is 98.1 Å². The number of sulfone groups is 1. The van der Waals surface area contributed by atoms with E-state index in [1.54, 1.807) is 18.2 Å². The minimum Gasteiger partial charge on any atom is -0.322 e. The SMILES string of the molecule is O=C(Cn1nc(S(=O)(=O)c2ccccc2)ccc1=O)Nc1ccccc1F. The molecule has 0 unspecified atom stereocenters. The fourth-order valence-electron chi connectivity index (χ4n) is 2.30. The van der Waals surface area contributed by atoms with Gasteiger partial charge in [-0.1, -0.05) is 30.3 Å². The van der Waals surface area contributed by atoms with Crippen LogP contribution in [0.25, 0.3) is 0 Å². The summed E-state index contributed by atoms with van der Waals surface area (Å²) in [5, 5.41) is 5.73. The summed E-state index contributed by atoms with van der Waals surface area (Å²) in [5.41, 5.74) is -0.714. The number of hydrogen-bond acceptors (Lipinski definition) is 5. The van der Waals surface area contributed by atoms with Gasteiger partial charge in [0.15, 0.2) is 5.03 Å². The second-order valence-corrected chi connectivity index (χ2v) is 7.41. The molecule has 0 aliphatic heterocycles. The van der Waals surface area contributed by atoms with Gasteiger partial charge < -0.3 is 5.32 Å². The Balaban J connectivity index is 1.87. The number of amides is 1. The maximum absolute atomic E-state index is 13.6. The summed E-state index contributed by atoms with van der Waals surface area (Å²) in [6.45, 7) is -0.564. The van der Waals surface area contributed by atoms with Gasteiger partial charge in [0.25, 0.3) is 5.56 Å². The number of halogens is 1. The highest BCUT2D eigenvalue weighted by Crippen LogP contribution is 2.17. The van der Waals surface area contributed by atoms with Gasteiger partial charge >= 0.3 is 0 Å². The number of benzene rings is 2. The van der Waals surface area contributed by atoms with E-state index in [0.29, 0.717) is 4.68 Å². The summed E-state index contributed by atoms with van der Waals surface area (Å²) in [4.78, 5) is 24.0. The molecular weight excluding hydrogens is 373 g/mol. The Hall–Kier alpha value is -3.33. The summed E-state index contributed by atoms with van der Waals surface area (Å²) in [5.74, 6) is -1.35. The lowest BCUT2D eigenvalue weighted by atomic mass is 10.3. The summed E-state index contributed by atoms with van der Waals surface area (Å²) >= 11 is 0. The van der Waals surface area contributed by atoms with E-state index in [-0.39, 0.29) is 15.6 Å². The number of rotatable bonds is 5. The van der Waals surface area contributed by atoms with Crippen LogP contribution in [0.5, 0.6) is 0 Å². The van der Waals surface area contributed by atoms with Gasteiger partial charge in [0.05, 0.1) is 10.6 Å². The van der Waals surface area contributed by atoms with E-state index in [4.69, 9.17) is 0 Å². The lowest BCUT2D eigenvalue weighted by Gasteiger charge is -2.09. The molecule has 9 heteroatoms. The standard InChI is InChI=1S/C18H14FN3O4S/c19-14-8-4-5-9-15(14)20-16(23)12-22-18(24)11-10-17(21-22)27(25,26)13-6-2-1-3-7-13/h1-11H,12H2,(H,20,23). The van der Waals surface area contributed by atoms with Crippen molar-refractivity contribution < 1.29 is 17.6 Å². The van der Waals surface area contributed by atoms with Crippen molar-refractivity contribution in [3.05, 3.63) is 82.9 Å². The highest BCUT2D eigenvalue weighted by Gasteiger charge is 2.20. The normalized spacial score (nSPS) is 11.1. The zero-order valence-electron chi connectivity index (χ0n) is 13.9. The number of nitrogens with one attached hydrogen (secondary N) is 1. The number of anilines is 1. The van der Waals surface area contributed by atoms with Crippen molar-refractivity contribution in [3.63, 3.8) is 0 Å². The molecule has 0 radical (unpaired) electrons. The first-order valence-corrected chi connectivity index (χ1v) is 9.29. The number of aromatic nitrogens is 2. The number of hydrogen-bond donors (Lipinski definition) is 1. The van der Waals surface area contributed by atoms with E-state index in [1.165, 1.54) is 36.4 Å². The summed E-state index contributed by atoms with van der Waals surface area (Å²) in [6.07, 6.45) is 0. The van der Waals surface area contributed by atoms with E-state index >= 15 is 0 Å². The minimum atomic E-state index is -3.94. The predicted molar refractivity (Wildman–Crippen MR) is 95.4 cm³/mol. The Bertz CT molecular complexity index is 1140. The molecule has 3 rings (SSSR count). The molecule has 0 spiro atoms. The molecule has 0 atom stereocenters. The van der Waals surface area contributed by atoms with Gasteiger partial charge in [-0.15, -0.1) is 0 Å². The molecule has 3 aromatic rings. The Morgan fingerprint density at radius 3 is 2.37 bits per heavy atom. The molecule has 0 fully saturated rings. The van der Waals surface area contributed by atoms with E-state index in [1.807, 2.05) is 0 Å². The molecule has 2 aromatic carbocycles. The van der Waals surface area contributed by atoms with Crippen LogP contribution in [-0.2, 0) is 21.2 Å². The third-order valence-electron chi connectivity index (χ3n) is 3.61. The summed E-state index contributed by atoms with van der Waals surface area (Å²) < 4.78 is 39.5. The van der Waals surface area contributed by atoms with Crippen molar-refractivity contribution in [2.45, 2.75) is 16.5 Å². The molecule has 0 saturated heterocycles. The second-order valence-electron chi connectivity index (χ2n) is 5.51. The van der Waals surface area contributed by atoms with Crippen LogP contribution in [0.3, 0.4) is 0 Å². The first kappa shape index (κ1) is 18.5. The highest BCUT2D eigenvalue weighted by atomic mass is 32.2. The molecule has 138 valence electrons. The first-order valence-electron chi connectivity index (χ1n) is 7.80. The highest BCUT2D eigenvalue weighted by molar-refractivity contribution is 7.91. The zero-order chi connectivity index (χ0) is 19.4. The molecular formula is C18H14FN3O4S. The average molecular weight is 387 g/mol. The van der Waals surface area contributed by atoms with Crippen molar-refractivity contribution in [2.75, 3.05) is 5.32 Å². The van der Waals surface area contributed by atoms with Gasteiger partial charge in [-0.05, 0) is 30.3 Å². The lowest BCUT2D eigenvalue weighted by molar-refractivity contribution is -0.117. The molecule has 1 amide bonds. The fourth-order valence-corrected chi connectivity index (χ4v) is 3.51. The second kappa shape index (κ2) is 7.50. The van der Waals surface area contributed by atoms with E-state index < -0.39 is 33.7 Å². The van der Waals surface area contributed by atoms with Gasteiger partial charge in [0, 0.05) is 6.07 Å². The molecule has 7 nitrogen and oxygen atoms in total. The molecule has 0 aliphatic rings. The molecule has 1 heterocycles. The van der Waals surface area contributed by atoms with E-state index in [0.717, 1.165) is 12.1 Å². The molecule has 1 N–H and O–H groups in total. The van der Waals surface area contributed by atoms with E-state index in [2.05, 4.69) is 10.4 Å². The number of para-hydroxylation sites is 1. The average Bonchev–Trinajstić information content (AvgIpc) is 2.66. The molecule has 1 aromatic heterocycles. The molecule has 0 bridgehead atoms. The van der Waals surface area contributed by atoms with Crippen LogP contribution in [0.4, 0.5) is 10.1 Å². The van der Waals surface area contributed by atoms with Crippen LogP contribution in [0.15, 0.2) is 81.4 Å². The number of nitrogens with zero attached hydrogens (tertiary/aromatic N) is 2. The van der Waals surface area contributed by atoms with Crippen LogP contribution in [0, 0.1) is 5.82 Å². The Morgan fingerprint density at radius 1 is 1.00 bits per heavy atom. The molecule has 0 aliphatic carbocycles. The van der Waals surface area contributed by atoms with Crippen molar-refractivity contribution in [1.29, 1.82) is 0 Å². The van der Waals surface area contributed by atoms with Crippen molar-refractivity contribution in [2.24, 2.45) is 0 Å². The van der Waals surface area contributed by atoms with Crippen LogP contribution in [0.1, 0.15) is 0 Å². The maximum Gasteiger partial charge on any atom is 0.267 e. The largest absolute Gasteiger partial charge is 0.322 e. The van der Waals surface area contributed by atoms with Gasteiger partial charge in [0.2, 0.25) is 15.7 Å². The Kier molecular flexibility index (Phi) is 5.13. The summed E-state index contributed by atoms with van der Waals surface area (Å²) in [6, 6.07) is 15.2. The monoisotopic (exact) mass is 387 g/mol. The van der Waals surface area contributed by atoms with Gasteiger partial charge in [-0.25, -0.2) is 17.5 Å². The third-order valence-corrected chi connectivity index (χ3v) is 5.27. The zero-order valence-corrected chi connectivity index (χ0v) is 14.7. The van der Waals surface area contributed by atoms with Crippen molar-refractivity contribution in [1.82, 2.24) is 9.78 Å². The van der Waals surface area contributed by atoms with E-state index in [9.17, 15) is 22.4 Å². The van der Waals surface area contributed by atoms with Crippen LogP contribution < -0.4 is 10.9 Å². The summed E-state index contributed by atoms with van der Waals surface area (Å²) in [7, 11) is -3.94. The van der Waals surface area contributed by atoms with Crippen LogP contribution in [-0.4, -0.2) is 24.1 Å². The van der Waals surface area contributed by atoms with Crippen LogP contribution in [0.2, 0.25) is 0 Å². The quantitative estimate of drug-likeness (QED) is 0.721. The third kappa shape index (κ3) is 4.09. The van der Waals surface area contributed by atoms with Crippen molar-refractivity contribution >= 4 is 21.4 Å². The van der Waals surface area contributed by atoms with Gasteiger partial charge in [-0.2, -0.15) is 5.10 Å². The van der Waals surface area contributed by atoms with Gasteiger partial charge in [0.1, 0.15) is 12.4 Å². The number of carbonyl (C=O) groups is 1. The lowest BCUT2D eigenvalue weighted by Crippen LogP contribution is -2.30. The first-order chi connectivity index (χ1) is 12.9. The minimum absolute atomic E-state index is 0.0125. The fraction of sp³-hybridized carbons (Fsp3) is 0.0556. The maximum atomic E-state index is 13.6. The predicted octanol–water partition coefficient (Wildman–Crippen LogP) is 1.85. The number of carbonyl (C=O) groups excluding carboxylic acids is 1. The smallest absolute Gasteiger partial charge is 0.267 e. The van der Waals surface area contributed by atoms with Crippen molar-refractivity contribution in [3.8, 4) is 0 Å². The van der Waals surface area contributed by atoms with Gasteiger partial charge in [-0.3, -0.25) is 9.59 Å². The van der Waals surface area contributed by atoms with Crippen LogP contribution >= 0.6 is 0 Å². The molecule has 0 saturated carbocycles. The molecule has 27 heavy (non-hydrogen) atoms.